The van der Waals surface area contributed by atoms with Crippen LogP contribution < -0.4 is 16.4 Å². The van der Waals surface area contributed by atoms with Crippen LogP contribution in [0.2, 0.25) is 0 Å². The van der Waals surface area contributed by atoms with Crippen molar-refractivity contribution in [3.8, 4) is 0 Å². The molecule has 2 rings (SSSR count). The summed E-state index contributed by atoms with van der Waals surface area (Å²) in [5.41, 5.74) is 8.15. The average molecular weight is 370 g/mol. The number of halogens is 1. The second-order valence-corrected chi connectivity index (χ2v) is 6.62. The van der Waals surface area contributed by atoms with Gasteiger partial charge in [-0.05, 0) is 63.3 Å². The number of anilines is 1. The molecule has 1 aromatic rings. The largest absolute Gasteiger partial charge is 0.381 e. The Morgan fingerprint density at radius 3 is 2.44 bits per heavy atom. The second-order valence-electron chi connectivity index (χ2n) is 6.62. The van der Waals surface area contributed by atoms with E-state index in [2.05, 4.69) is 10.6 Å². The van der Waals surface area contributed by atoms with E-state index in [1.807, 2.05) is 20.8 Å². The molecule has 4 N–H and O–H groups in total. The zero-order valence-electron chi connectivity index (χ0n) is 15.0. The monoisotopic (exact) mass is 369 g/mol. The lowest BCUT2D eigenvalue weighted by Crippen LogP contribution is -2.44. The summed E-state index contributed by atoms with van der Waals surface area (Å²) in [6.07, 6.45) is 1.61. The maximum atomic E-state index is 12.3. The average Bonchev–Trinajstić information content (AvgIpc) is 2.54. The number of nitrogens with one attached hydrogen (secondary N) is 2. The van der Waals surface area contributed by atoms with Crippen molar-refractivity contribution in [2.24, 2.45) is 11.7 Å². The summed E-state index contributed by atoms with van der Waals surface area (Å²) in [7, 11) is 0. The molecular formula is C18H28ClN3O3. The van der Waals surface area contributed by atoms with Gasteiger partial charge in [0.1, 0.15) is 0 Å². The standard InChI is InChI=1S/C18H27N3O3.ClH/c1-11(2)20-17(22)15-5-4-14(10-12(15)3)21-18(23)16(19)13-6-8-24-9-7-13;/h4-5,10-11,13,16H,6-9,19H2,1-3H3,(H,20,22)(H,21,23);1H. The Bertz CT molecular complexity index is 601. The van der Waals surface area contributed by atoms with Crippen molar-refractivity contribution in [2.45, 2.75) is 45.7 Å². The number of carbonyl (C=O) groups excluding carboxylic acids is 2. The Hall–Kier alpha value is -1.63. The van der Waals surface area contributed by atoms with Crippen molar-refractivity contribution in [2.75, 3.05) is 18.5 Å². The third-order valence-electron chi connectivity index (χ3n) is 4.23. The first-order valence-corrected chi connectivity index (χ1v) is 8.44. The topological polar surface area (TPSA) is 93.5 Å². The van der Waals surface area contributed by atoms with Crippen LogP contribution in [-0.4, -0.2) is 37.1 Å². The van der Waals surface area contributed by atoms with E-state index in [1.54, 1.807) is 18.2 Å². The third-order valence-corrected chi connectivity index (χ3v) is 4.23. The van der Waals surface area contributed by atoms with Crippen molar-refractivity contribution >= 4 is 29.9 Å². The lowest BCUT2D eigenvalue weighted by atomic mass is 9.92. The van der Waals surface area contributed by atoms with Gasteiger partial charge in [0.05, 0.1) is 6.04 Å². The van der Waals surface area contributed by atoms with E-state index in [4.69, 9.17) is 10.5 Å². The Balaban J connectivity index is 0.00000312. The molecule has 7 heteroatoms. The minimum absolute atomic E-state index is 0. The number of hydrogen-bond donors (Lipinski definition) is 3. The fourth-order valence-corrected chi connectivity index (χ4v) is 2.85. The van der Waals surface area contributed by atoms with E-state index in [9.17, 15) is 9.59 Å². The molecule has 0 aliphatic carbocycles. The van der Waals surface area contributed by atoms with Gasteiger partial charge in [-0.25, -0.2) is 0 Å². The van der Waals surface area contributed by atoms with Crippen molar-refractivity contribution in [3.05, 3.63) is 29.3 Å². The summed E-state index contributed by atoms with van der Waals surface area (Å²) in [6, 6.07) is 4.79. The molecule has 1 aliphatic heterocycles. The van der Waals surface area contributed by atoms with E-state index in [-0.39, 0.29) is 36.2 Å². The summed E-state index contributed by atoms with van der Waals surface area (Å²) in [5.74, 6) is -0.157. The molecule has 0 spiro atoms. The summed E-state index contributed by atoms with van der Waals surface area (Å²) in [5, 5.41) is 5.71. The number of nitrogens with two attached hydrogens (primary N) is 1. The number of rotatable bonds is 5. The molecule has 1 aliphatic rings. The van der Waals surface area contributed by atoms with Crippen molar-refractivity contribution < 1.29 is 14.3 Å². The Labute approximate surface area is 155 Å². The van der Waals surface area contributed by atoms with Gasteiger partial charge in [0.2, 0.25) is 5.91 Å². The highest BCUT2D eigenvalue weighted by Crippen LogP contribution is 2.20. The number of ether oxygens (including phenoxy) is 1. The molecule has 1 heterocycles. The zero-order chi connectivity index (χ0) is 17.7. The van der Waals surface area contributed by atoms with Gasteiger partial charge in [-0.1, -0.05) is 0 Å². The molecule has 2 amide bonds. The Morgan fingerprint density at radius 2 is 1.88 bits per heavy atom. The molecule has 1 unspecified atom stereocenters. The molecule has 140 valence electrons. The maximum Gasteiger partial charge on any atom is 0.251 e. The molecule has 0 radical (unpaired) electrons. The first-order chi connectivity index (χ1) is 11.4. The highest BCUT2D eigenvalue weighted by Gasteiger charge is 2.26. The lowest BCUT2D eigenvalue weighted by molar-refractivity contribution is -0.119. The first kappa shape index (κ1) is 21.4. The van der Waals surface area contributed by atoms with Crippen LogP contribution >= 0.6 is 12.4 Å². The predicted molar refractivity (Wildman–Crippen MR) is 101 cm³/mol. The van der Waals surface area contributed by atoms with Crippen molar-refractivity contribution in [1.29, 1.82) is 0 Å². The maximum absolute atomic E-state index is 12.3. The second kappa shape index (κ2) is 9.75. The van der Waals surface area contributed by atoms with Gasteiger partial charge in [0, 0.05) is 30.5 Å². The van der Waals surface area contributed by atoms with E-state index in [1.165, 1.54) is 0 Å². The van der Waals surface area contributed by atoms with Gasteiger partial charge in [0.25, 0.3) is 5.91 Å². The number of amides is 2. The Morgan fingerprint density at radius 1 is 1.24 bits per heavy atom. The van der Waals surface area contributed by atoms with Gasteiger partial charge in [-0.15, -0.1) is 12.4 Å². The number of carbonyl (C=O) groups is 2. The summed E-state index contributed by atoms with van der Waals surface area (Å²) in [4.78, 5) is 24.4. The molecule has 0 aromatic heterocycles. The van der Waals surface area contributed by atoms with Crippen LogP contribution in [0.3, 0.4) is 0 Å². The van der Waals surface area contributed by atoms with Crippen LogP contribution in [0.25, 0.3) is 0 Å². The summed E-state index contributed by atoms with van der Waals surface area (Å²) < 4.78 is 5.30. The van der Waals surface area contributed by atoms with Gasteiger partial charge < -0.3 is 21.1 Å². The zero-order valence-corrected chi connectivity index (χ0v) is 15.8. The number of aryl methyl sites for hydroxylation is 1. The highest BCUT2D eigenvalue weighted by atomic mass is 35.5. The van der Waals surface area contributed by atoms with Gasteiger partial charge in [-0.2, -0.15) is 0 Å². The highest BCUT2D eigenvalue weighted by molar-refractivity contribution is 5.98. The molecule has 6 nitrogen and oxygen atoms in total. The number of benzene rings is 1. The molecule has 1 fully saturated rings. The minimum atomic E-state index is -0.543. The van der Waals surface area contributed by atoms with Gasteiger partial charge >= 0.3 is 0 Å². The van der Waals surface area contributed by atoms with E-state index >= 15 is 0 Å². The summed E-state index contributed by atoms with van der Waals surface area (Å²) in [6.45, 7) is 7.00. The van der Waals surface area contributed by atoms with Gasteiger partial charge in [-0.3, -0.25) is 9.59 Å². The van der Waals surface area contributed by atoms with Crippen LogP contribution in [0.4, 0.5) is 5.69 Å². The lowest BCUT2D eigenvalue weighted by Gasteiger charge is -2.26. The fourth-order valence-electron chi connectivity index (χ4n) is 2.85. The minimum Gasteiger partial charge on any atom is -0.381 e. The predicted octanol–water partition coefficient (Wildman–Crippen LogP) is 2.25. The smallest absolute Gasteiger partial charge is 0.251 e. The van der Waals surface area contributed by atoms with Crippen LogP contribution in [0.1, 0.15) is 42.6 Å². The Kier molecular flexibility index (Phi) is 8.35. The van der Waals surface area contributed by atoms with Gasteiger partial charge in [0.15, 0.2) is 0 Å². The van der Waals surface area contributed by atoms with Crippen LogP contribution in [0.15, 0.2) is 18.2 Å². The van der Waals surface area contributed by atoms with Crippen molar-refractivity contribution in [1.82, 2.24) is 5.32 Å². The van der Waals surface area contributed by atoms with Crippen LogP contribution in [0, 0.1) is 12.8 Å². The molecule has 0 saturated carbocycles. The quantitative estimate of drug-likeness (QED) is 0.742. The molecule has 0 bridgehead atoms. The van der Waals surface area contributed by atoms with E-state index < -0.39 is 6.04 Å². The van der Waals surface area contributed by atoms with E-state index in [0.29, 0.717) is 24.5 Å². The molecule has 1 saturated heterocycles. The number of hydrogen-bond acceptors (Lipinski definition) is 4. The van der Waals surface area contributed by atoms with Crippen LogP contribution in [-0.2, 0) is 9.53 Å². The molecule has 25 heavy (non-hydrogen) atoms. The van der Waals surface area contributed by atoms with Crippen molar-refractivity contribution in [3.63, 3.8) is 0 Å². The first-order valence-electron chi connectivity index (χ1n) is 8.44. The SMILES string of the molecule is Cc1cc(NC(=O)C(N)C2CCOCC2)ccc1C(=O)NC(C)C.Cl. The third kappa shape index (κ3) is 5.99. The molecule has 1 aromatic carbocycles. The van der Waals surface area contributed by atoms with Crippen LogP contribution in [0.5, 0.6) is 0 Å². The summed E-state index contributed by atoms with van der Waals surface area (Å²) >= 11 is 0. The normalized spacial score (nSPS) is 16.0. The molecule has 1 atom stereocenters. The molecular weight excluding hydrogens is 342 g/mol. The van der Waals surface area contributed by atoms with E-state index in [0.717, 1.165) is 18.4 Å². The fraction of sp³-hybridized carbons (Fsp3) is 0.556.